The normalized spacial score (nSPS) is 12.5. The smallest absolute Gasteiger partial charge is 0.264 e. The van der Waals surface area contributed by atoms with Gasteiger partial charge in [0.25, 0.3) is 10.0 Å². The standard InChI is InChI=1S/C32H41N3O4S/c1-8-28(31(37)33-32(5,6)7)34(21-26-19-17-23(2)18-20-26)30(36)22-35(29-16-12-13-24(3)25(29)4)40(38,39)27-14-10-9-11-15-27/h9-20,28H,8,21-22H2,1-7H3,(H,33,37)/t28-/m1/s1. The van der Waals surface area contributed by atoms with E-state index in [9.17, 15) is 18.0 Å². The number of aryl methyl sites for hydroxylation is 2. The lowest BCUT2D eigenvalue weighted by Crippen LogP contribution is -2.55. The van der Waals surface area contributed by atoms with Crippen LogP contribution in [0.4, 0.5) is 5.69 Å². The first-order valence-corrected chi connectivity index (χ1v) is 15.0. The first-order valence-electron chi connectivity index (χ1n) is 13.6. The molecule has 0 bridgehead atoms. The monoisotopic (exact) mass is 563 g/mol. The Morgan fingerprint density at radius 1 is 0.875 bits per heavy atom. The van der Waals surface area contributed by atoms with Gasteiger partial charge >= 0.3 is 0 Å². The molecule has 3 rings (SSSR count). The van der Waals surface area contributed by atoms with Crippen molar-refractivity contribution in [2.24, 2.45) is 0 Å². The van der Waals surface area contributed by atoms with E-state index in [2.05, 4.69) is 5.32 Å². The highest BCUT2D eigenvalue weighted by atomic mass is 32.2. The zero-order valence-corrected chi connectivity index (χ0v) is 25.4. The van der Waals surface area contributed by atoms with Gasteiger partial charge in [-0.25, -0.2) is 8.42 Å². The van der Waals surface area contributed by atoms with Crippen molar-refractivity contribution in [3.05, 3.63) is 95.1 Å². The van der Waals surface area contributed by atoms with Crippen LogP contribution in [0.5, 0.6) is 0 Å². The molecule has 3 aromatic rings. The Kier molecular flexibility index (Phi) is 9.79. The number of anilines is 1. The second-order valence-corrected chi connectivity index (χ2v) is 13.1. The molecular formula is C32H41N3O4S. The average molecular weight is 564 g/mol. The Balaban J connectivity index is 2.10. The number of carbonyl (C=O) groups is 2. The minimum Gasteiger partial charge on any atom is -0.350 e. The van der Waals surface area contributed by atoms with E-state index in [1.165, 1.54) is 21.3 Å². The van der Waals surface area contributed by atoms with Crippen molar-refractivity contribution in [3.63, 3.8) is 0 Å². The first kappa shape index (κ1) is 30.9. The predicted octanol–water partition coefficient (Wildman–Crippen LogP) is 5.53. The molecule has 214 valence electrons. The van der Waals surface area contributed by atoms with Gasteiger partial charge in [-0.1, -0.05) is 67.1 Å². The van der Waals surface area contributed by atoms with Crippen molar-refractivity contribution < 1.29 is 18.0 Å². The summed E-state index contributed by atoms with van der Waals surface area (Å²) in [5, 5.41) is 2.99. The van der Waals surface area contributed by atoms with Crippen LogP contribution in [0.2, 0.25) is 0 Å². The van der Waals surface area contributed by atoms with Gasteiger partial charge in [-0.05, 0) is 82.9 Å². The molecule has 0 aromatic heterocycles. The minimum absolute atomic E-state index is 0.0892. The molecule has 0 aliphatic carbocycles. The summed E-state index contributed by atoms with van der Waals surface area (Å²) in [7, 11) is -4.10. The number of carbonyl (C=O) groups excluding carboxylic acids is 2. The summed E-state index contributed by atoms with van der Waals surface area (Å²) in [4.78, 5) is 29.2. The fraction of sp³-hybridized carbons (Fsp3) is 0.375. The van der Waals surface area contributed by atoms with E-state index in [4.69, 9.17) is 0 Å². The topological polar surface area (TPSA) is 86.8 Å². The molecule has 2 amide bonds. The molecule has 0 unspecified atom stereocenters. The van der Waals surface area contributed by atoms with Crippen LogP contribution in [0.3, 0.4) is 0 Å². The lowest BCUT2D eigenvalue weighted by Gasteiger charge is -2.35. The second-order valence-electron chi connectivity index (χ2n) is 11.2. The van der Waals surface area contributed by atoms with E-state index in [1.807, 2.05) is 78.8 Å². The van der Waals surface area contributed by atoms with E-state index < -0.39 is 34.1 Å². The van der Waals surface area contributed by atoms with Gasteiger partial charge in [0, 0.05) is 12.1 Å². The van der Waals surface area contributed by atoms with Gasteiger partial charge in [0.05, 0.1) is 10.6 Å². The highest BCUT2D eigenvalue weighted by Gasteiger charge is 2.35. The maximum atomic E-state index is 14.2. The number of rotatable bonds is 10. The molecule has 0 aliphatic heterocycles. The predicted molar refractivity (Wildman–Crippen MR) is 161 cm³/mol. The summed E-state index contributed by atoms with van der Waals surface area (Å²) in [6, 6.07) is 20.5. The number of benzene rings is 3. The molecule has 7 nitrogen and oxygen atoms in total. The summed E-state index contributed by atoms with van der Waals surface area (Å²) in [6.07, 6.45) is 0.369. The highest BCUT2D eigenvalue weighted by Crippen LogP contribution is 2.29. The summed E-state index contributed by atoms with van der Waals surface area (Å²) in [5.74, 6) is -0.739. The lowest BCUT2D eigenvalue weighted by molar-refractivity contribution is -0.141. The zero-order chi connectivity index (χ0) is 29.7. The molecule has 40 heavy (non-hydrogen) atoms. The third-order valence-electron chi connectivity index (χ3n) is 6.81. The number of nitrogens with zero attached hydrogens (tertiary/aromatic N) is 2. The lowest BCUT2D eigenvalue weighted by atomic mass is 10.0. The van der Waals surface area contributed by atoms with Crippen LogP contribution in [0.25, 0.3) is 0 Å². The molecule has 0 spiro atoms. The van der Waals surface area contributed by atoms with Gasteiger partial charge in [0.2, 0.25) is 11.8 Å². The number of nitrogens with one attached hydrogen (secondary N) is 1. The molecule has 0 saturated carbocycles. The van der Waals surface area contributed by atoms with Gasteiger partial charge in [-0.3, -0.25) is 13.9 Å². The maximum Gasteiger partial charge on any atom is 0.264 e. The van der Waals surface area contributed by atoms with E-state index in [0.717, 1.165) is 22.3 Å². The van der Waals surface area contributed by atoms with Crippen LogP contribution < -0.4 is 9.62 Å². The molecule has 1 atom stereocenters. The van der Waals surface area contributed by atoms with Gasteiger partial charge in [-0.15, -0.1) is 0 Å². The van der Waals surface area contributed by atoms with Crippen LogP contribution in [-0.2, 0) is 26.2 Å². The molecule has 3 aromatic carbocycles. The molecule has 0 saturated heterocycles. The van der Waals surface area contributed by atoms with Crippen LogP contribution in [0, 0.1) is 20.8 Å². The van der Waals surface area contributed by atoms with Crippen LogP contribution in [-0.4, -0.2) is 43.3 Å². The van der Waals surface area contributed by atoms with E-state index in [0.29, 0.717) is 12.1 Å². The maximum absolute atomic E-state index is 14.2. The molecule has 0 fully saturated rings. The van der Waals surface area contributed by atoms with Gasteiger partial charge in [-0.2, -0.15) is 0 Å². The number of hydrogen-bond donors (Lipinski definition) is 1. The van der Waals surface area contributed by atoms with Crippen LogP contribution in [0.15, 0.2) is 77.7 Å². The van der Waals surface area contributed by atoms with Gasteiger partial charge < -0.3 is 10.2 Å². The zero-order valence-electron chi connectivity index (χ0n) is 24.6. The molecule has 0 radical (unpaired) electrons. The van der Waals surface area contributed by atoms with Crippen molar-refractivity contribution in [1.82, 2.24) is 10.2 Å². The quantitative estimate of drug-likeness (QED) is 0.352. The number of hydrogen-bond acceptors (Lipinski definition) is 4. The van der Waals surface area contributed by atoms with Crippen molar-refractivity contribution in [2.45, 2.75) is 77.9 Å². The molecule has 8 heteroatoms. The van der Waals surface area contributed by atoms with Crippen molar-refractivity contribution in [2.75, 3.05) is 10.8 Å². The number of sulfonamides is 1. The van der Waals surface area contributed by atoms with Crippen molar-refractivity contribution >= 4 is 27.5 Å². The van der Waals surface area contributed by atoms with Crippen molar-refractivity contribution in [1.29, 1.82) is 0 Å². The first-order chi connectivity index (χ1) is 18.7. The van der Waals surface area contributed by atoms with Crippen LogP contribution >= 0.6 is 0 Å². The van der Waals surface area contributed by atoms with Gasteiger partial charge in [0.1, 0.15) is 12.6 Å². The summed E-state index contributed by atoms with van der Waals surface area (Å²) in [6.45, 7) is 13.0. The van der Waals surface area contributed by atoms with Gasteiger partial charge in [0.15, 0.2) is 0 Å². The largest absolute Gasteiger partial charge is 0.350 e. The molecule has 1 N–H and O–H groups in total. The number of amides is 2. The molecule has 0 aliphatic rings. The summed E-state index contributed by atoms with van der Waals surface area (Å²) >= 11 is 0. The Bertz CT molecular complexity index is 1430. The fourth-order valence-electron chi connectivity index (χ4n) is 4.50. The molecule has 0 heterocycles. The average Bonchev–Trinajstić information content (AvgIpc) is 2.89. The summed E-state index contributed by atoms with van der Waals surface area (Å²) < 4.78 is 29.1. The van der Waals surface area contributed by atoms with E-state index in [1.54, 1.807) is 30.3 Å². The Morgan fingerprint density at radius 2 is 1.50 bits per heavy atom. The SMILES string of the molecule is CC[C@H](C(=O)NC(C)(C)C)N(Cc1ccc(C)cc1)C(=O)CN(c1cccc(C)c1C)S(=O)(=O)c1ccccc1. The van der Waals surface area contributed by atoms with Crippen molar-refractivity contribution in [3.8, 4) is 0 Å². The highest BCUT2D eigenvalue weighted by molar-refractivity contribution is 7.92. The Labute approximate surface area is 239 Å². The third-order valence-corrected chi connectivity index (χ3v) is 8.59. The minimum atomic E-state index is -4.10. The van der Waals surface area contributed by atoms with Crippen LogP contribution in [0.1, 0.15) is 56.4 Å². The van der Waals surface area contributed by atoms with E-state index in [-0.39, 0.29) is 17.3 Å². The Morgan fingerprint density at radius 3 is 2.08 bits per heavy atom. The van der Waals surface area contributed by atoms with E-state index >= 15 is 0 Å². The summed E-state index contributed by atoms with van der Waals surface area (Å²) in [5.41, 5.74) is 3.53. The Hall–Kier alpha value is -3.65. The fourth-order valence-corrected chi connectivity index (χ4v) is 5.99. The third kappa shape index (κ3) is 7.50. The molecular weight excluding hydrogens is 522 g/mol. The second kappa shape index (κ2) is 12.7.